The van der Waals surface area contributed by atoms with Crippen molar-refractivity contribution in [3.8, 4) is 5.75 Å². The van der Waals surface area contributed by atoms with Crippen molar-refractivity contribution in [2.75, 3.05) is 25.6 Å². The van der Waals surface area contributed by atoms with Crippen LogP contribution in [0.15, 0.2) is 35.3 Å². The number of carbonyl (C=O) groups excluding carboxylic acids is 1. The molecule has 2 rings (SSSR count). The minimum Gasteiger partial charge on any atom is -0.478 e. The highest BCUT2D eigenvalue weighted by molar-refractivity contribution is 6.43. The number of nitrogens with zero attached hydrogens (tertiary/aromatic N) is 1. The molecule has 0 aliphatic carbocycles. The summed E-state index contributed by atoms with van der Waals surface area (Å²) in [5, 5.41) is 3.18. The number of methoxy groups -OCH3 is 1. The molecule has 0 aliphatic heterocycles. The van der Waals surface area contributed by atoms with Crippen LogP contribution in [0.3, 0.4) is 0 Å². The molecule has 0 saturated heterocycles. The maximum absolute atomic E-state index is 12.1. The number of nitrogens with one attached hydrogen (secondary N) is 1. The molecule has 1 aromatic heterocycles. The van der Waals surface area contributed by atoms with Crippen LogP contribution in [0.4, 0.5) is 5.69 Å². The molecule has 0 radical (unpaired) electrons. The number of hydrogen-bond acceptors (Lipinski definition) is 4. The van der Waals surface area contributed by atoms with Crippen molar-refractivity contribution in [2.24, 2.45) is 0 Å². The monoisotopic (exact) mass is 384 g/mol. The summed E-state index contributed by atoms with van der Waals surface area (Å²) < 4.78 is 12.3. The lowest BCUT2D eigenvalue weighted by molar-refractivity contribution is -0.118. The van der Waals surface area contributed by atoms with E-state index in [1.54, 1.807) is 38.4 Å². The van der Waals surface area contributed by atoms with E-state index in [9.17, 15) is 9.59 Å². The molecule has 0 aliphatic rings. The Kier molecular flexibility index (Phi) is 6.87. The van der Waals surface area contributed by atoms with E-state index in [4.69, 9.17) is 32.7 Å². The smallest absolute Gasteiger partial charge is 0.262 e. The van der Waals surface area contributed by atoms with E-state index >= 15 is 0 Å². The first-order valence-electron chi connectivity index (χ1n) is 7.49. The maximum atomic E-state index is 12.1. The fourth-order valence-corrected chi connectivity index (χ4v) is 2.53. The number of pyridine rings is 1. The Morgan fingerprint density at radius 3 is 2.76 bits per heavy atom. The molecule has 25 heavy (non-hydrogen) atoms. The molecular weight excluding hydrogens is 367 g/mol. The minimum atomic E-state index is -0.449. The van der Waals surface area contributed by atoms with Crippen LogP contribution in [-0.2, 0) is 16.1 Å². The third-order valence-corrected chi connectivity index (χ3v) is 4.32. The first-order chi connectivity index (χ1) is 11.9. The van der Waals surface area contributed by atoms with Crippen molar-refractivity contribution in [1.29, 1.82) is 0 Å². The predicted octanol–water partition coefficient (Wildman–Crippen LogP) is 3.13. The van der Waals surface area contributed by atoms with Crippen molar-refractivity contribution in [1.82, 2.24) is 4.57 Å². The third kappa shape index (κ3) is 4.98. The molecule has 1 amide bonds. The van der Waals surface area contributed by atoms with Gasteiger partial charge in [0.1, 0.15) is 0 Å². The molecule has 1 N–H and O–H groups in total. The van der Waals surface area contributed by atoms with Gasteiger partial charge in [-0.25, -0.2) is 0 Å². The lowest BCUT2D eigenvalue weighted by Gasteiger charge is -2.14. The summed E-state index contributed by atoms with van der Waals surface area (Å²) in [6, 6.07) is 6.30. The van der Waals surface area contributed by atoms with E-state index in [2.05, 4.69) is 5.32 Å². The molecule has 0 fully saturated rings. The Hall–Kier alpha value is -2.02. The fourth-order valence-electron chi connectivity index (χ4n) is 2.19. The average molecular weight is 385 g/mol. The van der Waals surface area contributed by atoms with Crippen LogP contribution in [-0.4, -0.2) is 30.8 Å². The van der Waals surface area contributed by atoms with Gasteiger partial charge in [0.25, 0.3) is 5.91 Å². The molecular formula is C17H18Cl2N2O4. The van der Waals surface area contributed by atoms with Gasteiger partial charge in [-0.15, -0.1) is 0 Å². The molecule has 0 atom stereocenters. The zero-order valence-electron chi connectivity index (χ0n) is 13.8. The minimum absolute atomic E-state index is 0.131. The highest BCUT2D eigenvalue weighted by Crippen LogP contribution is 2.29. The Morgan fingerprint density at radius 1 is 1.28 bits per heavy atom. The molecule has 8 heteroatoms. The number of carbonyl (C=O) groups is 1. The molecule has 134 valence electrons. The topological polar surface area (TPSA) is 69.6 Å². The van der Waals surface area contributed by atoms with Gasteiger partial charge in [0, 0.05) is 25.9 Å². The Bertz CT molecular complexity index is 821. The number of benzene rings is 1. The molecule has 2 aromatic rings. The second kappa shape index (κ2) is 8.89. The van der Waals surface area contributed by atoms with E-state index in [1.807, 2.05) is 4.57 Å². The van der Waals surface area contributed by atoms with Crippen molar-refractivity contribution >= 4 is 34.8 Å². The van der Waals surface area contributed by atoms with Crippen LogP contribution in [0.25, 0.3) is 0 Å². The molecule has 1 aromatic carbocycles. The molecule has 0 unspecified atom stereocenters. The van der Waals surface area contributed by atoms with Gasteiger partial charge in [-0.05, 0) is 19.1 Å². The van der Waals surface area contributed by atoms with Gasteiger partial charge >= 0.3 is 0 Å². The second-order valence-corrected chi connectivity index (χ2v) is 6.00. The van der Waals surface area contributed by atoms with Crippen LogP contribution in [0.5, 0.6) is 5.75 Å². The number of halogens is 2. The molecule has 0 bridgehead atoms. The van der Waals surface area contributed by atoms with Crippen LogP contribution in [0, 0.1) is 6.92 Å². The van der Waals surface area contributed by atoms with Crippen LogP contribution < -0.4 is 15.5 Å². The molecule has 0 saturated carbocycles. The standard InChI is InChI=1S/C17H18Cl2N2O4/c1-11-17(14(22)6-7-21(11)8-9-24-2)25-10-15(23)20-13-5-3-4-12(18)16(13)19/h3-7H,8-10H2,1-2H3,(H,20,23). The van der Waals surface area contributed by atoms with Crippen LogP contribution in [0.1, 0.15) is 5.69 Å². The quantitative estimate of drug-likeness (QED) is 0.795. The summed E-state index contributed by atoms with van der Waals surface area (Å²) in [4.78, 5) is 24.1. The van der Waals surface area contributed by atoms with Gasteiger partial charge < -0.3 is 19.4 Å². The molecule has 6 nitrogen and oxygen atoms in total. The third-order valence-electron chi connectivity index (χ3n) is 3.50. The average Bonchev–Trinajstić information content (AvgIpc) is 2.58. The van der Waals surface area contributed by atoms with Crippen molar-refractivity contribution in [2.45, 2.75) is 13.5 Å². The highest BCUT2D eigenvalue weighted by atomic mass is 35.5. The number of rotatable bonds is 7. The summed E-state index contributed by atoms with van der Waals surface area (Å²) >= 11 is 11.9. The zero-order chi connectivity index (χ0) is 18.4. The fraction of sp³-hybridized carbons (Fsp3) is 0.294. The lowest BCUT2D eigenvalue weighted by atomic mass is 10.3. The largest absolute Gasteiger partial charge is 0.478 e. The highest BCUT2D eigenvalue weighted by Gasteiger charge is 2.13. The molecule has 1 heterocycles. The Balaban J connectivity index is 2.06. The van der Waals surface area contributed by atoms with Gasteiger partial charge in [-0.1, -0.05) is 29.3 Å². The van der Waals surface area contributed by atoms with E-state index in [-0.39, 0.29) is 22.8 Å². The second-order valence-electron chi connectivity index (χ2n) is 5.22. The summed E-state index contributed by atoms with van der Waals surface area (Å²) in [5.41, 5.74) is 0.711. The van der Waals surface area contributed by atoms with Gasteiger partial charge in [-0.3, -0.25) is 9.59 Å². The van der Waals surface area contributed by atoms with E-state index in [0.29, 0.717) is 29.6 Å². The van der Waals surface area contributed by atoms with E-state index in [1.165, 1.54) is 6.07 Å². The molecule has 0 spiro atoms. The Morgan fingerprint density at radius 2 is 2.04 bits per heavy atom. The number of anilines is 1. The van der Waals surface area contributed by atoms with Crippen LogP contribution >= 0.6 is 23.2 Å². The van der Waals surface area contributed by atoms with E-state index in [0.717, 1.165) is 0 Å². The first-order valence-corrected chi connectivity index (χ1v) is 8.25. The maximum Gasteiger partial charge on any atom is 0.262 e. The van der Waals surface area contributed by atoms with Gasteiger partial charge in [0.05, 0.1) is 28.0 Å². The summed E-state index contributed by atoms with van der Waals surface area (Å²) in [6.07, 6.45) is 1.66. The van der Waals surface area contributed by atoms with Gasteiger partial charge in [0.15, 0.2) is 12.4 Å². The van der Waals surface area contributed by atoms with Gasteiger partial charge in [0.2, 0.25) is 5.43 Å². The van der Waals surface area contributed by atoms with Crippen molar-refractivity contribution < 1.29 is 14.3 Å². The zero-order valence-corrected chi connectivity index (χ0v) is 15.4. The predicted molar refractivity (Wildman–Crippen MR) is 97.9 cm³/mol. The van der Waals surface area contributed by atoms with Crippen molar-refractivity contribution in [3.05, 3.63) is 56.4 Å². The SMILES string of the molecule is COCCn1ccc(=O)c(OCC(=O)Nc2cccc(Cl)c2Cl)c1C. The number of hydrogen-bond donors (Lipinski definition) is 1. The first kappa shape index (κ1) is 19.3. The van der Waals surface area contributed by atoms with E-state index < -0.39 is 5.91 Å². The number of ether oxygens (including phenoxy) is 2. The number of amides is 1. The van der Waals surface area contributed by atoms with Crippen molar-refractivity contribution in [3.63, 3.8) is 0 Å². The van der Waals surface area contributed by atoms with Crippen LogP contribution in [0.2, 0.25) is 10.0 Å². The summed E-state index contributed by atoms with van der Waals surface area (Å²) in [7, 11) is 1.60. The normalized spacial score (nSPS) is 10.6. The Labute approximate surface area is 155 Å². The lowest BCUT2D eigenvalue weighted by Crippen LogP contribution is -2.24. The summed E-state index contributed by atoms with van der Waals surface area (Å²) in [5.74, 6) is -0.318. The van der Waals surface area contributed by atoms with Gasteiger partial charge in [-0.2, -0.15) is 0 Å². The summed E-state index contributed by atoms with van der Waals surface area (Å²) in [6.45, 7) is 2.49. The number of aromatic nitrogens is 1.